The maximum absolute atomic E-state index is 10.1. The molecule has 1 atom stereocenters. The lowest BCUT2D eigenvalue weighted by Gasteiger charge is -2.25. The van der Waals surface area contributed by atoms with E-state index in [1.165, 1.54) is 5.56 Å². The first-order valence-corrected chi connectivity index (χ1v) is 5.82. The first-order chi connectivity index (χ1) is 7.46. The molecule has 0 bridgehead atoms. The Hall–Kier alpha value is -0.860. The molecule has 16 heavy (non-hydrogen) atoms. The number of benzene rings is 1. The SMILES string of the molecule is CCOCC(O)c1ccccc1C(C)(C)C. The van der Waals surface area contributed by atoms with Gasteiger partial charge in [-0.25, -0.2) is 0 Å². The summed E-state index contributed by atoms with van der Waals surface area (Å²) in [5.41, 5.74) is 2.20. The molecule has 0 fully saturated rings. The minimum absolute atomic E-state index is 0.0454. The molecule has 0 radical (unpaired) electrons. The van der Waals surface area contributed by atoms with Gasteiger partial charge in [0.05, 0.1) is 6.61 Å². The Morgan fingerprint density at radius 2 is 1.88 bits per heavy atom. The normalized spacial score (nSPS) is 13.8. The first kappa shape index (κ1) is 13.2. The van der Waals surface area contributed by atoms with Crippen molar-refractivity contribution in [1.29, 1.82) is 0 Å². The summed E-state index contributed by atoms with van der Waals surface area (Å²) in [6, 6.07) is 8.02. The second-order valence-electron chi connectivity index (χ2n) is 5.01. The average Bonchev–Trinajstić information content (AvgIpc) is 2.24. The molecule has 1 N–H and O–H groups in total. The highest BCUT2D eigenvalue weighted by atomic mass is 16.5. The quantitative estimate of drug-likeness (QED) is 0.848. The summed E-state index contributed by atoms with van der Waals surface area (Å²) in [6.45, 7) is 9.39. The maximum Gasteiger partial charge on any atom is 0.103 e. The lowest BCUT2D eigenvalue weighted by molar-refractivity contribution is 0.0411. The highest BCUT2D eigenvalue weighted by Crippen LogP contribution is 2.29. The van der Waals surface area contributed by atoms with Crippen molar-refractivity contribution in [3.63, 3.8) is 0 Å². The van der Waals surface area contributed by atoms with E-state index in [0.717, 1.165) is 5.56 Å². The zero-order valence-corrected chi connectivity index (χ0v) is 10.7. The van der Waals surface area contributed by atoms with E-state index in [1.807, 2.05) is 25.1 Å². The molecule has 0 aromatic heterocycles. The second-order valence-corrected chi connectivity index (χ2v) is 5.01. The van der Waals surface area contributed by atoms with E-state index in [1.54, 1.807) is 0 Å². The molecule has 0 aliphatic carbocycles. The smallest absolute Gasteiger partial charge is 0.103 e. The van der Waals surface area contributed by atoms with Crippen LogP contribution in [0.25, 0.3) is 0 Å². The van der Waals surface area contributed by atoms with Crippen LogP contribution in [0, 0.1) is 0 Å². The van der Waals surface area contributed by atoms with Crippen molar-refractivity contribution in [2.24, 2.45) is 0 Å². The van der Waals surface area contributed by atoms with Gasteiger partial charge in [0.1, 0.15) is 6.10 Å². The molecular formula is C14H22O2. The topological polar surface area (TPSA) is 29.5 Å². The van der Waals surface area contributed by atoms with E-state index in [0.29, 0.717) is 13.2 Å². The van der Waals surface area contributed by atoms with Crippen LogP contribution in [0.2, 0.25) is 0 Å². The van der Waals surface area contributed by atoms with Crippen molar-refractivity contribution in [3.05, 3.63) is 35.4 Å². The van der Waals surface area contributed by atoms with Gasteiger partial charge in [-0.05, 0) is 23.5 Å². The summed E-state index contributed by atoms with van der Waals surface area (Å²) in [6.07, 6.45) is -0.532. The molecule has 0 amide bonds. The van der Waals surface area contributed by atoms with Gasteiger partial charge < -0.3 is 9.84 Å². The van der Waals surface area contributed by atoms with Gasteiger partial charge >= 0.3 is 0 Å². The number of hydrogen-bond donors (Lipinski definition) is 1. The molecular weight excluding hydrogens is 200 g/mol. The third kappa shape index (κ3) is 3.32. The minimum Gasteiger partial charge on any atom is -0.386 e. The lowest BCUT2D eigenvalue weighted by Crippen LogP contribution is -2.18. The van der Waals surface area contributed by atoms with Crippen molar-refractivity contribution in [2.75, 3.05) is 13.2 Å². The van der Waals surface area contributed by atoms with Crippen molar-refractivity contribution < 1.29 is 9.84 Å². The molecule has 0 spiro atoms. The van der Waals surface area contributed by atoms with Crippen LogP contribution in [0.4, 0.5) is 0 Å². The molecule has 90 valence electrons. The fraction of sp³-hybridized carbons (Fsp3) is 0.571. The molecule has 0 saturated heterocycles. The Bertz CT molecular complexity index is 326. The summed E-state index contributed by atoms with van der Waals surface area (Å²) < 4.78 is 5.27. The van der Waals surface area contributed by atoms with E-state index in [9.17, 15) is 5.11 Å². The van der Waals surface area contributed by atoms with Gasteiger partial charge in [0.15, 0.2) is 0 Å². The van der Waals surface area contributed by atoms with Gasteiger partial charge in [-0.2, -0.15) is 0 Å². The van der Waals surface area contributed by atoms with Crippen LogP contribution >= 0.6 is 0 Å². The van der Waals surface area contributed by atoms with Crippen LogP contribution < -0.4 is 0 Å². The third-order valence-electron chi connectivity index (χ3n) is 2.61. The largest absolute Gasteiger partial charge is 0.386 e. The zero-order chi connectivity index (χ0) is 12.2. The highest BCUT2D eigenvalue weighted by Gasteiger charge is 2.21. The fourth-order valence-electron chi connectivity index (χ4n) is 1.79. The van der Waals surface area contributed by atoms with Gasteiger partial charge in [-0.1, -0.05) is 45.0 Å². The van der Waals surface area contributed by atoms with E-state index in [2.05, 4.69) is 26.8 Å². The number of aliphatic hydroxyl groups is 1. The predicted octanol–water partition coefficient (Wildman–Crippen LogP) is 3.05. The number of aliphatic hydroxyl groups excluding tert-OH is 1. The molecule has 1 aromatic carbocycles. The summed E-state index contributed by atoms with van der Waals surface area (Å²) in [7, 11) is 0. The molecule has 1 aromatic rings. The number of hydrogen-bond acceptors (Lipinski definition) is 2. The number of rotatable bonds is 4. The maximum atomic E-state index is 10.1. The number of ether oxygens (including phenoxy) is 1. The minimum atomic E-state index is -0.532. The molecule has 1 unspecified atom stereocenters. The Kier molecular flexibility index (Phi) is 4.51. The molecule has 0 aliphatic heterocycles. The van der Waals surface area contributed by atoms with Gasteiger partial charge in [0.25, 0.3) is 0 Å². The van der Waals surface area contributed by atoms with Crippen LogP contribution in [-0.4, -0.2) is 18.3 Å². The lowest BCUT2D eigenvalue weighted by atomic mass is 9.82. The van der Waals surface area contributed by atoms with E-state index in [-0.39, 0.29) is 5.41 Å². The van der Waals surface area contributed by atoms with Gasteiger partial charge in [0, 0.05) is 6.61 Å². The van der Waals surface area contributed by atoms with Crippen molar-refractivity contribution in [2.45, 2.75) is 39.2 Å². The molecule has 2 nitrogen and oxygen atoms in total. The molecule has 0 aliphatic rings. The summed E-state index contributed by atoms with van der Waals surface area (Å²) in [4.78, 5) is 0. The van der Waals surface area contributed by atoms with Crippen LogP contribution in [0.3, 0.4) is 0 Å². The van der Waals surface area contributed by atoms with Gasteiger partial charge in [-0.15, -0.1) is 0 Å². The van der Waals surface area contributed by atoms with Gasteiger partial charge in [0.2, 0.25) is 0 Å². The van der Waals surface area contributed by atoms with Crippen LogP contribution in [-0.2, 0) is 10.2 Å². The Labute approximate surface area is 98.3 Å². The van der Waals surface area contributed by atoms with E-state index < -0.39 is 6.10 Å². The van der Waals surface area contributed by atoms with Crippen molar-refractivity contribution in [3.8, 4) is 0 Å². The fourth-order valence-corrected chi connectivity index (χ4v) is 1.79. The Morgan fingerprint density at radius 1 is 1.25 bits per heavy atom. The van der Waals surface area contributed by atoms with Crippen LogP contribution in [0.1, 0.15) is 44.9 Å². The third-order valence-corrected chi connectivity index (χ3v) is 2.61. The standard InChI is InChI=1S/C14H22O2/c1-5-16-10-13(15)11-8-6-7-9-12(11)14(2,3)4/h6-9,13,15H,5,10H2,1-4H3. The Balaban J connectivity index is 2.94. The van der Waals surface area contributed by atoms with Crippen LogP contribution in [0.15, 0.2) is 24.3 Å². The molecule has 0 saturated carbocycles. The van der Waals surface area contributed by atoms with Gasteiger partial charge in [-0.3, -0.25) is 0 Å². The van der Waals surface area contributed by atoms with E-state index in [4.69, 9.17) is 4.74 Å². The average molecular weight is 222 g/mol. The monoisotopic (exact) mass is 222 g/mol. The van der Waals surface area contributed by atoms with Crippen molar-refractivity contribution >= 4 is 0 Å². The summed E-state index contributed by atoms with van der Waals surface area (Å²) in [5, 5.41) is 10.1. The molecule has 2 heteroatoms. The van der Waals surface area contributed by atoms with Crippen molar-refractivity contribution in [1.82, 2.24) is 0 Å². The van der Waals surface area contributed by atoms with E-state index >= 15 is 0 Å². The summed E-state index contributed by atoms with van der Waals surface area (Å²) in [5.74, 6) is 0. The molecule has 1 rings (SSSR count). The second kappa shape index (κ2) is 5.46. The highest BCUT2D eigenvalue weighted by molar-refractivity contribution is 5.34. The predicted molar refractivity (Wildman–Crippen MR) is 66.6 cm³/mol. The Morgan fingerprint density at radius 3 is 2.44 bits per heavy atom. The molecule has 0 heterocycles. The van der Waals surface area contributed by atoms with Crippen LogP contribution in [0.5, 0.6) is 0 Å². The zero-order valence-electron chi connectivity index (χ0n) is 10.7. The summed E-state index contributed by atoms with van der Waals surface area (Å²) >= 11 is 0. The first-order valence-electron chi connectivity index (χ1n) is 5.82.